The molecule has 1 aliphatic heterocycles. The van der Waals surface area contributed by atoms with E-state index in [1.165, 1.54) is 0 Å². The Labute approximate surface area is 172 Å². The minimum Gasteiger partial charge on any atom is -0.497 e. The zero-order valence-corrected chi connectivity index (χ0v) is 18.1. The Kier molecular flexibility index (Phi) is 8.70. The molecule has 2 rings (SSSR count). The standard InChI is InChI=1S/C21H33NO7/c1-21(2,3)29-19(23)11-16(22-14-7-9-15(26-6)10-8-14)20-27-17(12-24-4)18(28-20)13-25-5/h7-10,16-18,20,22H,11-13H2,1-6H3. The van der Waals surface area contributed by atoms with E-state index in [9.17, 15) is 4.79 Å². The summed E-state index contributed by atoms with van der Waals surface area (Å²) >= 11 is 0. The second-order valence-electron chi connectivity index (χ2n) is 7.90. The summed E-state index contributed by atoms with van der Waals surface area (Å²) in [6, 6.07) is 6.96. The number of ether oxygens (including phenoxy) is 6. The van der Waals surface area contributed by atoms with Crippen molar-refractivity contribution < 1.29 is 33.2 Å². The number of carbonyl (C=O) groups excluding carboxylic acids is 1. The molecular weight excluding hydrogens is 378 g/mol. The van der Waals surface area contributed by atoms with Gasteiger partial charge in [0.25, 0.3) is 0 Å². The van der Waals surface area contributed by atoms with Crippen molar-refractivity contribution in [3.8, 4) is 5.75 Å². The minimum atomic E-state index is -0.662. The molecule has 0 spiro atoms. The third-order valence-corrected chi connectivity index (χ3v) is 4.27. The molecular formula is C21H33NO7. The second kappa shape index (κ2) is 10.8. The van der Waals surface area contributed by atoms with Gasteiger partial charge in [-0.3, -0.25) is 4.79 Å². The van der Waals surface area contributed by atoms with Gasteiger partial charge in [-0.15, -0.1) is 0 Å². The Hall–Kier alpha value is -1.87. The number of esters is 1. The molecule has 1 fully saturated rings. The number of hydrogen-bond acceptors (Lipinski definition) is 8. The Morgan fingerprint density at radius 2 is 1.59 bits per heavy atom. The molecule has 0 amide bonds. The van der Waals surface area contributed by atoms with Crippen LogP contribution in [-0.2, 0) is 28.5 Å². The first-order valence-corrected chi connectivity index (χ1v) is 9.67. The molecule has 8 nitrogen and oxygen atoms in total. The number of hydrogen-bond donors (Lipinski definition) is 1. The van der Waals surface area contributed by atoms with Gasteiger partial charge < -0.3 is 33.7 Å². The van der Waals surface area contributed by atoms with E-state index >= 15 is 0 Å². The van der Waals surface area contributed by atoms with E-state index in [4.69, 9.17) is 28.4 Å². The molecule has 164 valence electrons. The van der Waals surface area contributed by atoms with Crippen LogP contribution in [-0.4, -0.2) is 70.7 Å². The fourth-order valence-corrected chi connectivity index (χ4v) is 3.04. The van der Waals surface area contributed by atoms with Gasteiger partial charge in [-0.1, -0.05) is 0 Å². The lowest BCUT2D eigenvalue weighted by Gasteiger charge is -2.26. The van der Waals surface area contributed by atoms with Gasteiger partial charge >= 0.3 is 5.97 Å². The van der Waals surface area contributed by atoms with Gasteiger partial charge in [0.1, 0.15) is 23.6 Å². The summed E-state index contributed by atoms with van der Waals surface area (Å²) in [6.45, 7) is 6.24. The third-order valence-electron chi connectivity index (χ3n) is 4.27. The predicted octanol–water partition coefficient (Wildman–Crippen LogP) is 2.61. The summed E-state index contributed by atoms with van der Waals surface area (Å²) < 4.78 is 33.3. The Bertz CT molecular complexity index is 615. The maximum atomic E-state index is 12.5. The maximum absolute atomic E-state index is 12.5. The zero-order valence-electron chi connectivity index (χ0n) is 18.1. The molecule has 29 heavy (non-hydrogen) atoms. The molecule has 0 aliphatic carbocycles. The molecule has 1 heterocycles. The van der Waals surface area contributed by atoms with E-state index in [1.807, 2.05) is 45.0 Å². The quantitative estimate of drug-likeness (QED) is 0.588. The van der Waals surface area contributed by atoms with E-state index in [2.05, 4.69) is 5.32 Å². The monoisotopic (exact) mass is 411 g/mol. The number of benzene rings is 1. The highest BCUT2D eigenvalue weighted by molar-refractivity contribution is 5.71. The van der Waals surface area contributed by atoms with Crippen LogP contribution < -0.4 is 10.1 Å². The van der Waals surface area contributed by atoms with Crippen LogP contribution in [0.15, 0.2) is 24.3 Å². The van der Waals surface area contributed by atoms with Crippen LogP contribution in [0.5, 0.6) is 5.75 Å². The SMILES string of the molecule is COCC1OC(C(CC(=O)OC(C)(C)C)Nc2ccc(OC)cc2)OC1COC. The maximum Gasteiger partial charge on any atom is 0.308 e. The average molecular weight is 411 g/mol. The third kappa shape index (κ3) is 7.47. The number of anilines is 1. The van der Waals surface area contributed by atoms with Gasteiger partial charge in [0.15, 0.2) is 6.29 Å². The molecule has 0 radical (unpaired) electrons. The van der Waals surface area contributed by atoms with Crippen LogP contribution in [0.3, 0.4) is 0 Å². The first kappa shape index (κ1) is 23.4. The number of carbonyl (C=O) groups is 1. The van der Waals surface area contributed by atoms with Crippen molar-refractivity contribution in [2.24, 2.45) is 0 Å². The molecule has 0 bridgehead atoms. The van der Waals surface area contributed by atoms with Gasteiger partial charge in [0, 0.05) is 19.9 Å². The van der Waals surface area contributed by atoms with Crippen LogP contribution >= 0.6 is 0 Å². The van der Waals surface area contributed by atoms with Gasteiger partial charge in [-0.05, 0) is 45.0 Å². The Morgan fingerprint density at radius 1 is 1.03 bits per heavy atom. The van der Waals surface area contributed by atoms with Gasteiger partial charge in [0.2, 0.25) is 0 Å². The van der Waals surface area contributed by atoms with Gasteiger partial charge in [0.05, 0.1) is 32.8 Å². The van der Waals surface area contributed by atoms with Crippen molar-refractivity contribution in [1.29, 1.82) is 0 Å². The summed E-state index contributed by atoms with van der Waals surface area (Å²) in [5.41, 5.74) is 0.237. The highest BCUT2D eigenvalue weighted by atomic mass is 16.7. The summed E-state index contributed by atoms with van der Waals surface area (Å²) in [7, 11) is 4.82. The molecule has 3 atom stereocenters. The van der Waals surface area contributed by atoms with Crippen molar-refractivity contribution in [2.75, 3.05) is 39.9 Å². The average Bonchev–Trinajstić information content (AvgIpc) is 3.04. The Morgan fingerprint density at radius 3 is 2.03 bits per heavy atom. The summed E-state index contributed by atoms with van der Waals surface area (Å²) in [5.74, 6) is 0.405. The molecule has 8 heteroatoms. The summed E-state index contributed by atoms with van der Waals surface area (Å²) in [6.07, 6.45) is -1.16. The van der Waals surface area contributed by atoms with E-state index in [0.717, 1.165) is 11.4 Å². The zero-order chi connectivity index (χ0) is 21.4. The number of nitrogens with one attached hydrogen (secondary N) is 1. The topological polar surface area (TPSA) is 84.5 Å². The van der Waals surface area contributed by atoms with Crippen LogP contribution in [0.1, 0.15) is 27.2 Å². The summed E-state index contributed by atoms with van der Waals surface area (Å²) in [4.78, 5) is 12.5. The van der Waals surface area contributed by atoms with Crippen molar-refractivity contribution in [1.82, 2.24) is 0 Å². The molecule has 1 aromatic rings. The predicted molar refractivity (Wildman–Crippen MR) is 108 cm³/mol. The highest BCUT2D eigenvalue weighted by Crippen LogP contribution is 2.27. The van der Waals surface area contributed by atoms with Crippen molar-refractivity contribution >= 4 is 11.7 Å². The van der Waals surface area contributed by atoms with Crippen molar-refractivity contribution in [3.63, 3.8) is 0 Å². The molecule has 1 aromatic carbocycles. The first-order chi connectivity index (χ1) is 13.8. The van der Waals surface area contributed by atoms with E-state index < -0.39 is 17.9 Å². The van der Waals surface area contributed by atoms with Crippen LogP contribution in [0.4, 0.5) is 5.69 Å². The Balaban J connectivity index is 2.15. The van der Waals surface area contributed by atoms with Gasteiger partial charge in [-0.2, -0.15) is 0 Å². The lowest BCUT2D eigenvalue weighted by molar-refractivity contribution is -0.158. The molecule has 1 saturated heterocycles. The lowest BCUT2D eigenvalue weighted by atomic mass is 10.1. The minimum absolute atomic E-state index is 0.0768. The normalized spacial score (nSPS) is 22.9. The smallest absolute Gasteiger partial charge is 0.308 e. The highest BCUT2D eigenvalue weighted by Gasteiger charge is 2.41. The second-order valence-corrected chi connectivity index (χ2v) is 7.90. The molecule has 1 aliphatic rings. The fraction of sp³-hybridized carbons (Fsp3) is 0.667. The number of methoxy groups -OCH3 is 3. The molecule has 3 unspecified atom stereocenters. The molecule has 0 aromatic heterocycles. The van der Waals surface area contributed by atoms with Gasteiger partial charge in [-0.25, -0.2) is 0 Å². The molecule has 1 N–H and O–H groups in total. The van der Waals surface area contributed by atoms with Crippen LogP contribution in [0, 0.1) is 0 Å². The van der Waals surface area contributed by atoms with E-state index in [1.54, 1.807) is 21.3 Å². The van der Waals surface area contributed by atoms with Crippen LogP contribution in [0.2, 0.25) is 0 Å². The lowest BCUT2D eigenvalue weighted by Crippen LogP contribution is -2.39. The molecule has 0 saturated carbocycles. The first-order valence-electron chi connectivity index (χ1n) is 9.67. The van der Waals surface area contributed by atoms with E-state index in [-0.39, 0.29) is 24.6 Å². The van der Waals surface area contributed by atoms with Crippen LogP contribution in [0.25, 0.3) is 0 Å². The summed E-state index contributed by atoms with van der Waals surface area (Å²) in [5, 5.41) is 3.33. The van der Waals surface area contributed by atoms with Crippen molar-refractivity contribution in [2.45, 2.75) is 57.3 Å². The largest absolute Gasteiger partial charge is 0.497 e. The van der Waals surface area contributed by atoms with Crippen molar-refractivity contribution in [3.05, 3.63) is 24.3 Å². The fourth-order valence-electron chi connectivity index (χ4n) is 3.04. The number of rotatable bonds is 10. The van der Waals surface area contributed by atoms with E-state index in [0.29, 0.717) is 13.2 Å².